The summed E-state index contributed by atoms with van der Waals surface area (Å²) in [6.45, 7) is 4.26. The van der Waals surface area contributed by atoms with Crippen LogP contribution < -0.4 is 10.2 Å². The molecule has 0 saturated carbocycles. The van der Waals surface area contributed by atoms with E-state index in [9.17, 15) is 19.2 Å². The highest BCUT2D eigenvalue weighted by atomic mass is 35.5. The first-order chi connectivity index (χ1) is 18.5. The smallest absolute Gasteiger partial charge is 0.419 e. The summed E-state index contributed by atoms with van der Waals surface area (Å²) in [7, 11) is 0. The predicted molar refractivity (Wildman–Crippen MR) is 146 cm³/mol. The number of esters is 2. The molecule has 0 spiro atoms. The number of rotatable bonds is 11. The van der Waals surface area contributed by atoms with Crippen LogP contribution in [-0.4, -0.2) is 55.3 Å². The molecule has 0 aromatic heterocycles. The summed E-state index contributed by atoms with van der Waals surface area (Å²) in [4.78, 5) is 52.3. The zero-order chi connectivity index (χ0) is 29.2. The summed E-state index contributed by atoms with van der Waals surface area (Å²) in [5, 5.41) is 10.6. The van der Waals surface area contributed by atoms with Crippen molar-refractivity contribution < 1.29 is 33.4 Å². The Morgan fingerprint density at radius 1 is 0.846 bits per heavy atom. The number of carbonyl (C=O) groups excluding carboxylic acids is 4. The summed E-state index contributed by atoms with van der Waals surface area (Å²) < 4.78 is 15.2. The highest BCUT2D eigenvalue weighted by Crippen LogP contribution is 2.40. The minimum absolute atomic E-state index is 0.0181. The van der Waals surface area contributed by atoms with Gasteiger partial charge in [-0.3, -0.25) is 4.79 Å². The van der Waals surface area contributed by atoms with Crippen LogP contribution in [0.4, 0.5) is 21.9 Å². The van der Waals surface area contributed by atoms with Gasteiger partial charge in [0.1, 0.15) is 11.6 Å². The van der Waals surface area contributed by atoms with Crippen molar-refractivity contribution in [2.45, 2.75) is 26.4 Å². The lowest BCUT2D eigenvalue weighted by Gasteiger charge is -2.26. The molecule has 11 nitrogen and oxygen atoms in total. The van der Waals surface area contributed by atoms with E-state index in [-0.39, 0.29) is 46.9 Å². The number of hydrogen-bond acceptors (Lipinski definition) is 9. The van der Waals surface area contributed by atoms with Crippen molar-refractivity contribution in [1.82, 2.24) is 5.32 Å². The van der Waals surface area contributed by atoms with Crippen LogP contribution in [-0.2, 0) is 28.6 Å². The lowest BCUT2D eigenvalue weighted by atomic mass is 10.1. The largest absolute Gasteiger partial charge is 0.462 e. The van der Waals surface area contributed by atoms with E-state index in [0.29, 0.717) is 5.02 Å². The molecule has 0 heterocycles. The van der Waals surface area contributed by atoms with Gasteiger partial charge in [-0.15, -0.1) is 16.7 Å². The SMILES string of the molecule is CCOC(=O)N(c1ccc(Cl)cc1Cl)c1ccc(Cl)cc1N=NC(NC(=O)CCl)(C(=O)OCC)C(=O)OCC. The lowest BCUT2D eigenvalue weighted by Crippen LogP contribution is -2.60. The van der Waals surface area contributed by atoms with Gasteiger partial charge >= 0.3 is 23.7 Å². The van der Waals surface area contributed by atoms with Crippen molar-refractivity contribution in [1.29, 1.82) is 0 Å². The molecule has 210 valence electrons. The molecule has 15 heteroatoms. The maximum Gasteiger partial charge on any atom is 0.419 e. The zero-order valence-corrected chi connectivity index (χ0v) is 24.0. The molecule has 39 heavy (non-hydrogen) atoms. The van der Waals surface area contributed by atoms with Crippen molar-refractivity contribution in [3.05, 3.63) is 51.5 Å². The molecular formula is C24H24Cl4N4O7. The van der Waals surface area contributed by atoms with Gasteiger partial charge in [-0.05, 0) is 57.2 Å². The van der Waals surface area contributed by atoms with Gasteiger partial charge in [-0.25, -0.2) is 19.3 Å². The minimum atomic E-state index is -2.76. The van der Waals surface area contributed by atoms with Crippen LogP contribution in [0.3, 0.4) is 0 Å². The molecule has 0 bridgehead atoms. The fourth-order valence-electron chi connectivity index (χ4n) is 3.07. The van der Waals surface area contributed by atoms with E-state index in [2.05, 4.69) is 15.5 Å². The predicted octanol–water partition coefficient (Wildman–Crippen LogP) is 6.20. The normalized spacial score (nSPS) is 11.2. The molecule has 0 radical (unpaired) electrons. The molecule has 2 aromatic carbocycles. The topological polar surface area (TPSA) is 136 Å². The number of nitrogens with zero attached hydrogens (tertiary/aromatic N) is 3. The number of azo groups is 1. The number of ether oxygens (including phenoxy) is 3. The van der Waals surface area contributed by atoms with Gasteiger partial charge in [0.25, 0.3) is 0 Å². The third-order valence-electron chi connectivity index (χ3n) is 4.67. The summed E-state index contributed by atoms with van der Waals surface area (Å²) >= 11 is 24.2. The van der Waals surface area contributed by atoms with Crippen LogP contribution in [0.2, 0.25) is 15.1 Å². The molecule has 2 rings (SSSR count). The molecule has 0 fully saturated rings. The van der Waals surface area contributed by atoms with Gasteiger partial charge in [-0.1, -0.05) is 34.8 Å². The van der Waals surface area contributed by atoms with Gasteiger partial charge in [-0.2, -0.15) is 5.11 Å². The molecule has 0 aliphatic rings. The second kappa shape index (κ2) is 14.9. The highest BCUT2D eigenvalue weighted by molar-refractivity contribution is 6.37. The first-order valence-corrected chi connectivity index (χ1v) is 13.1. The Labute approximate surface area is 244 Å². The summed E-state index contributed by atoms with van der Waals surface area (Å²) in [5.74, 6) is -4.12. The second-order valence-electron chi connectivity index (χ2n) is 7.30. The molecular weight excluding hydrogens is 598 g/mol. The van der Waals surface area contributed by atoms with Crippen LogP contribution >= 0.6 is 46.4 Å². The average molecular weight is 622 g/mol. The lowest BCUT2D eigenvalue weighted by molar-refractivity contribution is -0.167. The Hall–Kier alpha value is -3.12. The first kappa shape index (κ1) is 32.1. The number of anilines is 2. The maximum absolute atomic E-state index is 13.1. The summed E-state index contributed by atoms with van der Waals surface area (Å²) in [6, 6.07) is 8.54. The van der Waals surface area contributed by atoms with Gasteiger partial charge in [0.2, 0.25) is 5.91 Å². The van der Waals surface area contributed by atoms with Crippen molar-refractivity contribution in [2.24, 2.45) is 10.2 Å². The third-order valence-corrected chi connectivity index (χ3v) is 5.69. The summed E-state index contributed by atoms with van der Waals surface area (Å²) in [5.41, 5.74) is -2.68. The second-order valence-corrected chi connectivity index (χ2v) is 8.84. The Morgan fingerprint density at radius 2 is 1.38 bits per heavy atom. The Bertz CT molecular complexity index is 1240. The fourth-order valence-corrected chi connectivity index (χ4v) is 3.80. The monoisotopic (exact) mass is 620 g/mol. The maximum atomic E-state index is 13.1. The fraction of sp³-hybridized carbons (Fsp3) is 0.333. The van der Waals surface area contributed by atoms with Crippen LogP contribution in [0.5, 0.6) is 0 Å². The Morgan fingerprint density at radius 3 is 1.90 bits per heavy atom. The van der Waals surface area contributed by atoms with Crippen molar-refractivity contribution in [3.8, 4) is 0 Å². The van der Waals surface area contributed by atoms with Crippen LogP contribution in [0.25, 0.3) is 0 Å². The minimum Gasteiger partial charge on any atom is -0.462 e. The van der Waals surface area contributed by atoms with E-state index in [4.69, 9.17) is 60.6 Å². The van der Waals surface area contributed by atoms with Gasteiger partial charge < -0.3 is 19.5 Å². The number of amides is 2. The van der Waals surface area contributed by atoms with Crippen LogP contribution in [0, 0.1) is 0 Å². The molecule has 1 N–H and O–H groups in total. The van der Waals surface area contributed by atoms with E-state index >= 15 is 0 Å². The van der Waals surface area contributed by atoms with Gasteiger partial charge in [0.05, 0.1) is 36.2 Å². The van der Waals surface area contributed by atoms with E-state index in [1.165, 1.54) is 50.2 Å². The van der Waals surface area contributed by atoms with Gasteiger partial charge in [0.15, 0.2) is 0 Å². The summed E-state index contributed by atoms with van der Waals surface area (Å²) in [6.07, 6.45) is -0.849. The average Bonchev–Trinajstić information content (AvgIpc) is 2.89. The first-order valence-electron chi connectivity index (χ1n) is 11.4. The van der Waals surface area contributed by atoms with E-state index in [1.807, 2.05) is 0 Å². The number of halogens is 4. The van der Waals surface area contributed by atoms with Crippen molar-refractivity contribution in [2.75, 3.05) is 30.6 Å². The van der Waals surface area contributed by atoms with Crippen LogP contribution in [0.15, 0.2) is 46.6 Å². The molecule has 2 amide bonds. The van der Waals surface area contributed by atoms with Gasteiger partial charge in [0, 0.05) is 10.0 Å². The quantitative estimate of drug-likeness (QED) is 0.104. The Balaban J connectivity index is 2.81. The standard InChI is InChI=1S/C24H24Cl4N4O7/c1-4-37-21(34)24(22(35)38-5-2,29-20(33)13-25)31-30-17-12-15(27)8-10-19(17)32(23(36)39-6-3)18-9-7-14(26)11-16(18)28/h7-12H,4-6,13H2,1-3H3,(H,29,33). The number of hydrogen-bond donors (Lipinski definition) is 1. The zero-order valence-electron chi connectivity index (χ0n) is 21.0. The molecule has 0 atom stereocenters. The number of carbonyl (C=O) groups is 4. The van der Waals surface area contributed by atoms with E-state index in [1.54, 1.807) is 6.92 Å². The van der Waals surface area contributed by atoms with E-state index in [0.717, 1.165) is 4.90 Å². The Kier molecular flexibility index (Phi) is 12.2. The van der Waals surface area contributed by atoms with Crippen LogP contribution in [0.1, 0.15) is 20.8 Å². The van der Waals surface area contributed by atoms with Crippen molar-refractivity contribution >= 4 is 87.4 Å². The van der Waals surface area contributed by atoms with E-state index < -0.39 is 35.5 Å². The molecule has 2 aromatic rings. The molecule has 0 aliphatic heterocycles. The molecule has 0 unspecified atom stereocenters. The molecule has 0 aliphatic carbocycles. The molecule has 0 saturated heterocycles. The highest BCUT2D eigenvalue weighted by Gasteiger charge is 2.52. The number of benzene rings is 2. The third kappa shape index (κ3) is 7.95. The number of alkyl halides is 1. The van der Waals surface area contributed by atoms with Crippen molar-refractivity contribution in [3.63, 3.8) is 0 Å². The number of nitrogens with one attached hydrogen (secondary N) is 1.